The molecule has 1 atom stereocenters. The minimum absolute atomic E-state index is 0.000270. The summed E-state index contributed by atoms with van der Waals surface area (Å²) in [5.41, 5.74) is 3.04. The van der Waals surface area contributed by atoms with Gasteiger partial charge in [-0.25, -0.2) is 0 Å². The normalized spacial score (nSPS) is 17.6. The van der Waals surface area contributed by atoms with Crippen molar-refractivity contribution < 1.29 is 14.3 Å². The number of aromatic nitrogens is 1. The molecule has 1 saturated heterocycles. The van der Waals surface area contributed by atoms with Crippen LogP contribution in [0.25, 0.3) is 11.1 Å². The molecule has 170 valence electrons. The van der Waals surface area contributed by atoms with Crippen molar-refractivity contribution in [1.29, 1.82) is 0 Å². The van der Waals surface area contributed by atoms with E-state index in [2.05, 4.69) is 34.6 Å². The molecule has 33 heavy (non-hydrogen) atoms. The number of carbonyl (C=O) groups excluding carboxylic acids is 2. The molecule has 0 radical (unpaired) electrons. The highest BCUT2D eigenvalue weighted by molar-refractivity contribution is 5.95. The molecule has 6 nitrogen and oxygen atoms in total. The number of ether oxygens (including phenoxy) is 1. The van der Waals surface area contributed by atoms with E-state index >= 15 is 0 Å². The van der Waals surface area contributed by atoms with Gasteiger partial charge < -0.3 is 15.0 Å². The fourth-order valence-corrected chi connectivity index (χ4v) is 4.55. The zero-order chi connectivity index (χ0) is 23.3. The van der Waals surface area contributed by atoms with Crippen LogP contribution in [0.5, 0.6) is 5.75 Å². The maximum absolute atomic E-state index is 13.2. The molecule has 2 aromatic carbocycles. The van der Waals surface area contributed by atoms with E-state index in [1.807, 2.05) is 31.2 Å². The standard InChI is InChI=1S/C27H29N3O3/c1-3-29-26(32)27(14-16-30(19-27)25(31)22-7-6-15-28-18-22)17-20-10-12-21(13-11-20)23-8-4-5-9-24(23)33-2/h4-13,15,18H,3,14,16-17,19H2,1-2H3,(H,29,32)/t27-/m1/s1. The first-order valence-electron chi connectivity index (χ1n) is 11.3. The van der Waals surface area contributed by atoms with Crippen LogP contribution in [0.1, 0.15) is 29.3 Å². The first-order chi connectivity index (χ1) is 16.1. The highest BCUT2D eigenvalue weighted by atomic mass is 16.5. The molecular weight excluding hydrogens is 414 g/mol. The summed E-state index contributed by atoms with van der Waals surface area (Å²) in [6.45, 7) is 3.41. The Kier molecular flexibility index (Phi) is 6.73. The van der Waals surface area contributed by atoms with Gasteiger partial charge in [0.25, 0.3) is 5.91 Å². The largest absolute Gasteiger partial charge is 0.496 e. The Morgan fingerprint density at radius 2 is 1.88 bits per heavy atom. The molecule has 2 heterocycles. The van der Waals surface area contributed by atoms with Gasteiger partial charge in [0.15, 0.2) is 0 Å². The molecule has 2 amide bonds. The number of nitrogens with one attached hydrogen (secondary N) is 1. The fourth-order valence-electron chi connectivity index (χ4n) is 4.55. The third-order valence-corrected chi connectivity index (χ3v) is 6.28. The van der Waals surface area contributed by atoms with E-state index in [1.54, 1.807) is 36.5 Å². The summed E-state index contributed by atoms with van der Waals surface area (Å²) in [4.78, 5) is 32.0. The molecule has 4 rings (SSSR count). The molecule has 3 aromatic rings. The third-order valence-electron chi connectivity index (χ3n) is 6.28. The lowest BCUT2D eigenvalue weighted by atomic mass is 9.79. The third kappa shape index (κ3) is 4.75. The van der Waals surface area contributed by atoms with Crippen molar-refractivity contribution in [3.8, 4) is 16.9 Å². The number of benzene rings is 2. The summed E-state index contributed by atoms with van der Waals surface area (Å²) >= 11 is 0. The molecular formula is C27H29N3O3. The Bertz CT molecular complexity index is 1110. The highest BCUT2D eigenvalue weighted by Crippen LogP contribution is 2.36. The van der Waals surface area contributed by atoms with Crippen LogP contribution in [0.2, 0.25) is 0 Å². The fraction of sp³-hybridized carbons (Fsp3) is 0.296. The quantitative estimate of drug-likeness (QED) is 0.600. The molecule has 1 aromatic heterocycles. The lowest BCUT2D eigenvalue weighted by Gasteiger charge is -2.28. The van der Waals surface area contributed by atoms with Crippen LogP contribution in [0.3, 0.4) is 0 Å². The smallest absolute Gasteiger partial charge is 0.255 e. The topological polar surface area (TPSA) is 71.5 Å². The van der Waals surface area contributed by atoms with Crippen molar-refractivity contribution in [3.05, 3.63) is 84.2 Å². The van der Waals surface area contributed by atoms with Gasteiger partial charge >= 0.3 is 0 Å². The molecule has 0 bridgehead atoms. The minimum atomic E-state index is -0.653. The number of hydrogen-bond acceptors (Lipinski definition) is 4. The molecule has 0 saturated carbocycles. The molecule has 0 aliphatic carbocycles. The van der Waals surface area contributed by atoms with Crippen LogP contribution < -0.4 is 10.1 Å². The number of methoxy groups -OCH3 is 1. The highest BCUT2D eigenvalue weighted by Gasteiger charge is 2.45. The van der Waals surface area contributed by atoms with Gasteiger partial charge in [-0.1, -0.05) is 42.5 Å². The first kappa shape index (κ1) is 22.5. The summed E-state index contributed by atoms with van der Waals surface area (Å²) in [6.07, 6.45) is 4.42. The molecule has 1 N–H and O–H groups in total. The summed E-state index contributed by atoms with van der Waals surface area (Å²) in [5, 5.41) is 2.99. The number of rotatable bonds is 7. The van der Waals surface area contributed by atoms with Crippen LogP contribution in [-0.2, 0) is 11.2 Å². The van der Waals surface area contributed by atoms with Crippen molar-refractivity contribution in [2.45, 2.75) is 19.8 Å². The van der Waals surface area contributed by atoms with Gasteiger partial charge in [-0.2, -0.15) is 0 Å². The average molecular weight is 444 g/mol. The van der Waals surface area contributed by atoms with Gasteiger partial charge in [0.1, 0.15) is 5.75 Å². The SMILES string of the molecule is CCNC(=O)[C@@]1(Cc2ccc(-c3ccccc3OC)cc2)CCN(C(=O)c2cccnc2)C1. The van der Waals surface area contributed by atoms with Crippen LogP contribution in [0.15, 0.2) is 73.1 Å². The Morgan fingerprint density at radius 1 is 1.09 bits per heavy atom. The molecule has 6 heteroatoms. The number of carbonyl (C=O) groups is 2. The maximum atomic E-state index is 13.2. The summed E-state index contributed by atoms with van der Waals surface area (Å²) in [6, 6.07) is 19.7. The molecule has 1 aliphatic heterocycles. The number of pyridine rings is 1. The van der Waals surface area contributed by atoms with Gasteiger partial charge in [0.05, 0.1) is 18.1 Å². The average Bonchev–Trinajstić information content (AvgIpc) is 3.30. The van der Waals surface area contributed by atoms with E-state index in [1.165, 1.54) is 0 Å². The van der Waals surface area contributed by atoms with Crippen molar-refractivity contribution in [3.63, 3.8) is 0 Å². The zero-order valence-corrected chi connectivity index (χ0v) is 19.1. The van der Waals surface area contributed by atoms with E-state index in [9.17, 15) is 9.59 Å². The van der Waals surface area contributed by atoms with Crippen LogP contribution >= 0.6 is 0 Å². The predicted molar refractivity (Wildman–Crippen MR) is 128 cm³/mol. The number of likely N-dealkylation sites (tertiary alicyclic amines) is 1. The molecule has 1 aliphatic rings. The van der Waals surface area contributed by atoms with Gasteiger partial charge in [0, 0.05) is 37.6 Å². The Hall–Kier alpha value is -3.67. The number of hydrogen-bond donors (Lipinski definition) is 1. The molecule has 0 spiro atoms. The second kappa shape index (κ2) is 9.86. The van der Waals surface area contributed by atoms with E-state index in [4.69, 9.17) is 4.74 Å². The van der Waals surface area contributed by atoms with Crippen LogP contribution in [0, 0.1) is 5.41 Å². The number of para-hydroxylation sites is 1. The molecule has 1 fully saturated rings. The van der Waals surface area contributed by atoms with E-state index in [0.717, 1.165) is 22.4 Å². The second-order valence-corrected chi connectivity index (χ2v) is 8.43. The lowest BCUT2D eigenvalue weighted by Crippen LogP contribution is -2.45. The minimum Gasteiger partial charge on any atom is -0.496 e. The van der Waals surface area contributed by atoms with Gasteiger partial charge in [-0.05, 0) is 49.1 Å². The van der Waals surface area contributed by atoms with Gasteiger partial charge in [-0.15, -0.1) is 0 Å². The van der Waals surface area contributed by atoms with Gasteiger partial charge in [-0.3, -0.25) is 14.6 Å². The maximum Gasteiger partial charge on any atom is 0.255 e. The Morgan fingerprint density at radius 3 is 2.58 bits per heavy atom. The van der Waals surface area contributed by atoms with Gasteiger partial charge in [0.2, 0.25) is 5.91 Å². The van der Waals surface area contributed by atoms with Crippen molar-refractivity contribution in [2.24, 2.45) is 5.41 Å². The Labute approximate surface area is 194 Å². The van der Waals surface area contributed by atoms with Crippen molar-refractivity contribution in [2.75, 3.05) is 26.7 Å². The van der Waals surface area contributed by atoms with E-state index in [0.29, 0.717) is 38.0 Å². The second-order valence-electron chi connectivity index (χ2n) is 8.43. The molecule has 0 unspecified atom stereocenters. The predicted octanol–water partition coefficient (Wildman–Crippen LogP) is 3.97. The number of amides is 2. The Balaban J connectivity index is 1.56. The van der Waals surface area contributed by atoms with E-state index < -0.39 is 5.41 Å². The first-order valence-corrected chi connectivity index (χ1v) is 11.3. The van der Waals surface area contributed by atoms with Crippen molar-refractivity contribution >= 4 is 11.8 Å². The van der Waals surface area contributed by atoms with Crippen molar-refractivity contribution in [1.82, 2.24) is 15.2 Å². The monoisotopic (exact) mass is 443 g/mol. The zero-order valence-electron chi connectivity index (χ0n) is 19.1. The number of nitrogens with zero attached hydrogens (tertiary/aromatic N) is 2. The summed E-state index contributed by atoms with van der Waals surface area (Å²) in [5.74, 6) is 0.741. The summed E-state index contributed by atoms with van der Waals surface area (Å²) in [7, 11) is 1.67. The lowest BCUT2D eigenvalue weighted by molar-refractivity contribution is -0.130. The van der Waals surface area contributed by atoms with Crippen LogP contribution in [0.4, 0.5) is 0 Å². The summed E-state index contributed by atoms with van der Waals surface area (Å²) < 4.78 is 5.49. The van der Waals surface area contributed by atoms with Crippen LogP contribution in [-0.4, -0.2) is 48.4 Å². The van der Waals surface area contributed by atoms with E-state index in [-0.39, 0.29) is 11.8 Å².